The number of carbonyl (C=O) groups is 2. The van der Waals surface area contributed by atoms with Crippen molar-refractivity contribution in [3.63, 3.8) is 0 Å². The van der Waals surface area contributed by atoms with E-state index in [0.29, 0.717) is 5.92 Å². The predicted octanol–water partition coefficient (Wildman–Crippen LogP) is 3.69. The molecule has 2 N–H and O–H groups in total. The van der Waals surface area contributed by atoms with Crippen LogP contribution in [0.1, 0.15) is 45.4 Å². The molecule has 0 saturated heterocycles. The number of anilines is 1. The van der Waals surface area contributed by atoms with Gasteiger partial charge in [0.25, 0.3) is 0 Å². The zero-order valence-electron chi connectivity index (χ0n) is 13.3. The number of hydrazone groups is 1. The van der Waals surface area contributed by atoms with Gasteiger partial charge in [-0.3, -0.25) is 9.59 Å². The molecule has 0 spiro atoms. The molecule has 1 aromatic carbocycles. The van der Waals surface area contributed by atoms with Crippen molar-refractivity contribution in [1.82, 2.24) is 5.43 Å². The number of nitrogens with zero attached hydrogens (tertiary/aromatic N) is 1. The number of nitrogens with one attached hydrogen (secondary N) is 2. The second-order valence-corrected chi connectivity index (χ2v) is 7.09. The zero-order valence-corrected chi connectivity index (χ0v) is 15.4. The Morgan fingerprint density at radius 1 is 1.17 bits per heavy atom. The SMILES string of the molecule is CC1CCCC/C1=N\NC(=O)CCC(=O)Nc1ccc(I)cc1. The van der Waals surface area contributed by atoms with Crippen molar-refractivity contribution in [3.05, 3.63) is 27.8 Å². The molecule has 2 amide bonds. The van der Waals surface area contributed by atoms with Crippen LogP contribution in [0.2, 0.25) is 0 Å². The molecule has 0 aliphatic heterocycles. The molecule has 2 rings (SSSR count). The minimum absolute atomic E-state index is 0.140. The number of benzene rings is 1. The van der Waals surface area contributed by atoms with E-state index in [4.69, 9.17) is 0 Å². The van der Waals surface area contributed by atoms with Gasteiger partial charge >= 0.3 is 0 Å². The highest BCUT2D eigenvalue weighted by atomic mass is 127. The number of hydrogen-bond acceptors (Lipinski definition) is 3. The average molecular weight is 427 g/mol. The molecule has 23 heavy (non-hydrogen) atoms. The van der Waals surface area contributed by atoms with E-state index >= 15 is 0 Å². The van der Waals surface area contributed by atoms with Crippen LogP contribution >= 0.6 is 22.6 Å². The van der Waals surface area contributed by atoms with Crippen LogP contribution in [0, 0.1) is 9.49 Å². The molecule has 1 fully saturated rings. The number of halogens is 1. The van der Waals surface area contributed by atoms with Crippen molar-refractivity contribution in [3.8, 4) is 0 Å². The summed E-state index contributed by atoms with van der Waals surface area (Å²) in [6.07, 6.45) is 4.74. The molecule has 5 nitrogen and oxygen atoms in total. The molecule has 0 radical (unpaired) electrons. The van der Waals surface area contributed by atoms with Crippen molar-refractivity contribution in [2.24, 2.45) is 11.0 Å². The Hall–Kier alpha value is -1.44. The molecule has 0 heterocycles. The van der Waals surface area contributed by atoms with Crippen molar-refractivity contribution < 1.29 is 9.59 Å². The Bertz CT molecular complexity index is 584. The van der Waals surface area contributed by atoms with Gasteiger partial charge < -0.3 is 5.32 Å². The maximum Gasteiger partial charge on any atom is 0.240 e. The first-order chi connectivity index (χ1) is 11.0. The third-order valence-corrected chi connectivity index (χ3v) is 4.64. The van der Waals surface area contributed by atoms with Crippen LogP contribution in [0.4, 0.5) is 5.69 Å². The van der Waals surface area contributed by atoms with E-state index < -0.39 is 0 Å². The van der Waals surface area contributed by atoms with Gasteiger partial charge in [0.2, 0.25) is 11.8 Å². The maximum absolute atomic E-state index is 11.8. The zero-order chi connectivity index (χ0) is 16.7. The molecule has 6 heteroatoms. The maximum atomic E-state index is 11.8. The van der Waals surface area contributed by atoms with Gasteiger partial charge in [-0.1, -0.05) is 13.3 Å². The summed E-state index contributed by atoms with van der Waals surface area (Å²) in [4.78, 5) is 23.6. The van der Waals surface area contributed by atoms with Crippen molar-refractivity contribution >= 4 is 45.8 Å². The fraction of sp³-hybridized carbons (Fsp3) is 0.471. The highest BCUT2D eigenvalue weighted by Crippen LogP contribution is 2.20. The summed E-state index contributed by atoms with van der Waals surface area (Å²) in [5.74, 6) is 0.0568. The molecule has 1 aliphatic rings. The van der Waals surface area contributed by atoms with E-state index in [9.17, 15) is 9.59 Å². The Kier molecular flexibility index (Phi) is 7.01. The lowest BCUT2D eigenvalue weighted by Crippen LogP contribution is -2.25. The Morgan fingerprint density at radius 3 is 2.57 bits per heavy atom. The van der Waals surface area contributed by atoms with Gasteiger partial charge in [-0.2, -0.15) is 5.10 Å². The quantitative estimate of drug-likeness (QED) is 0.556. The molecule has 1 saturated carbocycles. The summed E-state index contributed by atoms with van der Waals surface area (Å²) in [7, 11) is 0. The smallest absolute Gasteiger partial charge is 0.240 e. The molecular formula is C17H22IN3O2. The normalized spacial score (nSPS) is 19.4. The summed E-state index contributed by atoms with van der Waals surface area (Å²) < 4.78 is 1.11. The van der Waals surface area contributed by atoms with E-state index in [0.717, 1.165) is 34.2 Å². The fourth-order valence-corrected chi connectivity index (χ4v) is 2.87. The van der Waals surface area contributed by atoms with Crippen LogP contribution in [0.5, 0.6) is 0 Å². The lowest BCUT2D eigenvalue weighted by molar-refractivity contribution is -0.124. The molecule has 1 atom stereocenters. The van der Waals surface area contributed by atoms with Gasteiger partial charge in [0.05, 0.1) is 0 Å². The van der Waals surface area contributed by atoms with E-state index in [1.54, 1.807) is 0 Å². The summed E-state index contributed by atoms with van der Waals surface area (Å²) in [6.45, 7) is 2.14. The number of rotatable bonds is 5. The first kappa shape index (κ1) is 17.9. The molecule has 124 valence electrons. The lowest BCUT2D eigenvalue weighted by Gasteiger charge is -2.19. The molecule has 1 unspecified atom stereocenters. The van der Waals surface area contributed by atoms with Gasteiger partial charge in [-0.05, 0) is 72.0 Å². The second-order valence-electron chi connectivity index (χ2n) is 5.84. The standard InChI is InChI=1S/C17H22IN3O2/c1-12-4-2-3-5-15(12)20-21-17(23)11-10-16(22)19-14-8-6-13(18)7-9-14/h6-9,12H,2-5,10-11H2,1H3,(H,19,22)(H,21,23)/b20-15+. The molecule has 0 bridgehead atoms. The summed E-state index contributed by atoms with van der Waals surface area (Å²) >= 11 is 2.21. The van der Waals surface area contributed by atoms with Crippen LogP contribution in [0.25, 0.3) is 0 Å². The van der Waals surface area contributed by atoms with Crippen molar-refractivity contribution in [2.45, 2.75) is 45.4 Å². The average Bonchev–Trinajstić information content (AvgIpc) is 2.54. The fourth-order valence-electron chi connectivity index (χ4n) is 2.51. The van der Waals surface area contributed by atoms with Gasteiger partial charge in [0.1, 0.15) is 0 Å². The lowest BCUT2D eigenvalue weighted by atomic mass is 9.89. The van der Waals surface area contributed by atoms with Crippen LogP contribution in [-0.2, 0) is 9.59 Å². The van der Waals surface area contributed by atoms with Crippen molar-refractivity contribution in [2.75, 3.05) is 5.32 Å². The highest BCUT2D eigenvalue weighted by Gasteiger charge is 2.16. The molecule has 1 aliphatic carbocycles. The van der Waals surface area contributed by atoms with E-state index in [-0.39, 0.29) is 24.7 Å². The van der Waals surface area contributed by atoms with Crippen LogP contribution < -0.4 is 10.7 Å². The molecular weight excluding hydrogens is 405 g/mol. The number of amides is 2. The second kappa shape index (κ2) is 9.00. The van der Waals surface area contributed by atoms with E-state index in [1.165, 1.54) is 6.42 Å². The summed E-state index contributed by atoms with van der Waals surface area (Å²) in [6, 6.07) is 7.53. The van der Waals surface area contributed by atoms with E-state index in [2.05, 4.69) is 45.4 Å². The van der Waals surface area contributed by atoms with Gasteiger partial charge in [0, 0.05) is 27.8 Å². The van der Waals surface area contributed by atoms with Gasteiger partial charge in [-0.25, -0.2) is 5.43 Å². The third kappa shape index (κ3) is 6.29. The Labute approximate surface area is 150 Å². The minimum atomic E-state index is -0.215. The predicted molar refractivity (Wildman–Crippen MR) is 100 cm³/mol. The van der Waals surface area contributed by atoms with Gasteiger partial charge in [0.15, 0.2) is 0 Å². The van der Waals surface area contributed by atoms with Gasteiger partial charge in [-0.15, -0.1) is 0 Å². The largest absolute Gasteiger partial charge is 0.326 e. The first-order valence-corrected chi connectivity index (χ1v) is 9.03. The summed E-state index contributed by atoms with van der Waals surface area (Å²) in [5, 5.41) is 7.00. The number of carbonyl (C=O) groups excluding carboxylic acids is 2. The number of hydrogen-bond donors (Lipinski definition) is 2. The topological polar surface area (TPSA) is 70.6 Å². The highest BCUT2D eigenvalue weighted by molar-refractivity contribution is 14.1. The molecule has 0 aromatic heterocycles. The third-order valence-electron chi connectivity index (χ3n) is 3.92. The van der Waals surface area contributed by atoms with Crippen LogP contribution in [0.15, 0.2) is 29.4 Å². The molecule has 1 aromatic rings. The minimum Gasteiger partial charge on any atom is -0.326 e. The van der Waals surface area contributed by atoms with Crippen LogP contribution in [-0.4, -0.2) is 17.5 Å². The van der Waals surface area contributed by atoms with Crippen LogP contribution in [0.3, 0.4) is 0 Å². The Balaban J connectivity index is 1.72. The Morgan fingerprint density at radius 2 is 1.87 bits per heavy atom. The van der Waals surface area contributed by atoms with E-state index in [1.807, 2.05) is 24.3 Å². The monoisotopic (exact) mass is 427 g/mol. The first-order valence-electron chi connectivity index (χ1n) is 7.95. The van der Waals surface area contributed by atoms with Crippen molar-refractivity contribution in [1.29, 1.82) is 0 Å². The summed E-state index contributed by atoms with van der Waals surface area (Å²) in [5.41, 5.74) is 4.38.